The number of nitrogen functional groups attached to an aromatic ring is 1. The molecule has 26 heavy (non-hydrogen) atoms. The van der Waals surface area contributed by atoms with E-state index in [1.54, 1.807) is 11.3 Å². The Hall–Kier alpha value is -1.05. The Morgan fingerprint density at radius 2 is 2.12 bits per heavy atom. The van der Waals surface area contributed by atoms with Crippen LogP contribution < -0.4 is 5.73 Å². The molecule has 0 aromatic carbocycles. The van der Waals surface area contributed by atoms with Gasteiger partial charge < -0.3 is 15.4 Å². The van der Waals surface area contributed by atoms with E-state index in [-0.39, 0.29) is 18.5 Å². The fourth-order valence-electron chi connectivity index (χ4n) is 4.16. The van der Waals surface area contributed by atoms with Crippen LogP contribution >= 0.6 is 23.7 Å². The summed E-state index contributed by atoms with van der Waals surface area (Å²) in [6.07, 6.45) is 6.44. The summed E-state index contributed by atoms with van der Waals surface area (Å²) in [4.78, 5) is 22.0. The number of amides is 1. The number of aromatic nitrogens is 1. The first-order valence-corrected chi connectivity index (χ1v) is 10.2. The molecule has 1 amide bonds. The zero-order chi connectivity index (χ0) is 17.8. The minimum atomic E-state index is -0.188. The van der Waals surface area contributed by atoms with Crippen molar-refractivity contribution in [2.75, 3.05) is 39.0 Å². The smallest absolute Gasteiger partial charge is 0.409 e. The predicted octanol–water partition coefficient (Wildman–Crippen LogP) is 3.19. The highest BCUT2D eigenvalue weighted by Gasteiger charge is 2.30. The molecule has 8 heteroatoms. The zero-order valence-corrected chi connectivity index (χ0v) is 17.4. The molecule has 1 aromatic rings. The SMILES string of the molecule is CCCN(CC1CCN(C(=O)OC)CC1)C1CCc2nc(N)sc2C1.Cl. The van der Waals surface area contributed by atoms with E-state index < -0.39 is 0 Å². The topological polar surface area (TPSA) is 71.7 Å². The van der Waals surface area contributed by atoms with Crippen molar-refractivity contribution < 1.29 is 9.53 Å². The second-order valence-corrected chi connectivity index (χ2v) is 8.33. The van der Waals surface area contributed by atoms with Gasteiger partial charge in [0.15, 0.2) is 5.13 Å². The third kappa shape index (κ3) is 5.02. The highest BCUT2D eigenvalue weighted by Crippen LogP contribution is 2.31. The van der Waals surface area contributed by atoms with Crippen LogP contribution in [0, 0.1) is 5.92 Å². The van der Waals surface area contributed by atoms with Gasteiger partial charge in [-0.3, -0.25) is 4.90 Å². The Morgan fingerprint density at radius 3 is 2.77 bits per heavy atom. The number of methoxy groups -OCH3 is 1. The first-order chi connectivity index (χ1) is 12.1. The standard InChI is InChI=1S/C18H30N4O2S.ClH/c1-3-8-22(12-13-6-9-21(10-7-13)18(23)24-2)14-4-5-15-16(11-14)25-17(19)20-15;/h13-14H,3-12H2,1-2H3,(H2,19,20);1H. The average molecular weight is 403 g/mol. The number of piperidine rings is 1. The van der Waals surface area contributed by atoms with Crippen molar-refractivity contribution in [2.45, 2.75) is 51.5 Å². The Bertz CT molecular complexity index is 590. The summed E-state index contributed by atoms with van der Waals surface area (Å²) < 4.78 is 4.84. The predicted molar refractivity (Wildman–Crippen MR) is 108 cm³/mol. The van der Waals surface area contributed by atoms with E-state index in [1.165, 1.54) is 30.5 Å². The van der Waals surface area contributed by atoms with Crippen LogP contribution in [-0.2, 0) is 17.6 Å². The largest absolute Gasteiger partial charge is 0.453 e. The molecule has 2 aliphatic rings. The molecule has 1 fully saturated rings. The fourth-order valence-corrected chi connectivity index (χ4v) is 5.11. The maximum Gasteiger partial charge on any atom is 0.409 e. The molecule has 148 valence electrons. The molecule has 1 saturated heterocycles. The number of anilines is 1. The van der Waals surface area contributed by atoms with Gasteiger partial charge in [-0.05, 0) is 51.0 Å². The number of nitrogens with two attached hydrogens (primary N) is 1. The van der Waals surface area contributed by atoms with Gasteiger partial charge in [0, 0.05) is 30.6 Å². The number of aryl methyl sites for hydroxylation is 1. The molecule has 1 aliphatic heterocycles. The van der Waals surface area contributed by atoms with E-state index in [4.69, 9.17) is 10.5 Å². The van der Waals surface area contributed by atoms with Gasteiger partial charge in [-0.25, -0.2) is 9.78 Å². The second kappa shape index (κ2) is 9.76. The molecule has 0 radical (unpaired) electrons. The summed E-state index contributed by atoms with van der Waals surface area (Å²) in [5.74, 6) is 0.667. The summed E-state index contributed by atoms with van der Waals surface area (Å²) in [7, 11) is 1.46. The van der Waals surface area contributed by atoms with Gasteiger partial charge in [-0.15, -0.1) is 23.7 Å². The van der Waals surface area contributed by atoms with Gasteiger partial charge >= 0.3 is 6.09 Å². The van der Waals surface area contributed by atoms with Crippen molar-refractivity contribution >= 4 is 35.0 Å². The molecule has 0 bridgehead atoms. The van der Waals surface area contributed by atoms with E-state index in [2.05, 4.69) is 16.8 Å². The molecular weight excluding hydrogens is 372 g/mol. The number of carbonyl (C=O) groups excluding carboxylic acids is 1. The molecule has 6 nitrogen and oxygen atoms in total. The maximum absolute atomic E-state index is 11.6. The van der Waals surface area contributed by atoms with Gasteiger partial charge in [-0.2, -0.15) is 0 Å². The molecule has 1 unspecified atom stereocenters. The number of carbonyl (C=O) groups is 1. The molecule has 0 saturated carbocycles. The molecule has 2 heterocycles. The molecular formula is C18H31ClN4O2S. The van der Waals surface area contributed by atoms with Crippen LogP contribution in [0.1, 0.15) is 43.2 Å². The molecule has 2 N–H and O–H groups in total. The number of nitrogens with zero attached hydrogens (tertiary/aromatic N) is 3. The number of ether oxygens (including phenoxy) is 1. The number of fused-ring (bicyclic) bond motifs is 1. The lowest BCUT2D eigenvalue weighted by Gasteiger charge is -2.38. The zero-order valence-electron chi connectivity index (χ0n) is 15.8. The van der Waals surface area contributed by atoms with Gasteiger partial charge in [0.25, 0.3) is 0 Å². The van der Waals surface area contributed by atoms with Crippen molar-refractivity contribution in [1.82, 2.24) is 14.8 Å². The van der Waals surface area contributed by atoms with Crippen LogP contribution in [0.25, 0.3) is 0 Å². The number of hydrogen-bond acceptors (Lipinski definition) is 6. The minimum Gasteiger partial charge on any atom is -0.453 e. The molecule has 0 spiro atoms. The molecule has 1 aromatic heterocycles. The van der Waals surface area contributed by atoms with Crippen LogP contribution in [0.2, 0.25) is 0 Å². The van der Waals surface area contributed by atoms with Crippen molar-refractivity contribution in [2.24, 2.45) is 5.92 Å². The lowest BCUT2D eigenvalue weighted by molar-refractivity contribution is 0.0884. The van der Waals surface area contributed by atoms with Gasteiger partial charge in [0.05, 0.1) is 12.8 Å². The number of likely N-dealkylation sites (tertiary alicyclic amines) is 1. The van der Waals surface area contributed by atoms with E-state index in [0.717, 1.165) is 51.9 Å². The van der Waals surface area contributed by atoms with E-state index >= 15 is 0 Å². The van der Waals surface area contributed by atoms with E-state index in [1.807, 2.05) is 4.90 Å². The average Bonchev–Trinajstić information content (AvgIpc) is 3.00. The van der Waals surface area contributed by atoms with Crippen LogP contribution in [0.4, 0.5) is 9.93 Å². The maximum atomic E-state index is 11.6. The van der Waals surface area contributed by atoms with Crippen molar-refractivity contribution in [3.63, 3.8) is 0 Å². The molecule has 3 rings (SSSR count). The van der Waals surface area contributed by atoms with Crippen molar-refractivity contribution in [3.05, 3.63) is 10.6 Å². The quantitative estimate of drug-likeness (QED) is 0.818. The van der Waals surface area contributed by atoms with E-state index in [0.29, 0.717) is 17.1 Å². The van der Waals surface area contributed by atoms with Gasteiger partial charge in [-0.1, -0.05) is 6.92 Å². The minimum absolute atomic E-state index is 0. The second-order valence-electron chi connectivity index (χ2n) is 7.21. The summed E-state index contributed by atoms with van der Waals surface area (Å²) in [6, 6.07) is 0.603. The summed E-state index contributed by atoms with van der Waals surface area (Å²) >= 11 is 1.66. The Morgan fingerprint density at radius 1 is 1.38 bits per heavy atom. The first kappa shape index (κ1) is 21.3. The van der Waals surface area contributed by atoms with Gasteiger partial charge in [0.1, 0.15) is 0 Å². The normalized spacial score (nSPS) is 20.6. The number of thiazole rings is 1. The number of halogens is 1. The third-order valence-electron chi connectivity index (χ3n) is 5.50. The van der Waals surface area contributed by atoms with Crippen LogP contribution in [0.3, 0.4) is 0 Å². The van der Waals surface area contributed by atoms with Crippen molar-refractivity contribution in [3.8, 4) is 0 Å². The summed E-state index contributed by atoms with van der Waals surface area (Å²) in [5.41, 5.74) is 7.11. The Kier molecular flexibility index (Phi) is 7.98. The highest BCUT2D eigenvalue weighted by atomic mass is 35.5. The fraction of sp³-hybridized carbons (Fsp3) is 0.778. The van der Waals surface area contributed by atoms with Crippen LogP contribution in [-0.4, -0.2) is 60.2 Å². The monoisotopic (exact) mass is 402 g/mol. The number of rotatable bonds is 5. The lowest BCUT2D eigenvalue weighted by atomic mass is 9.92. The van der Waals surface area contributed by atoms with Crippen LogP contribution in [0.15, 0.2) is 0 Å². The Balaban J connectivity index is 0.00000243. The molecule has 1 atom stereocenters. The summed E-state index contributed by atoms with van der Waals surface area (Å²) in [6.45, 7) is 6.17. The van der Waals surface area contributed by atoms with E-state index in [9.17, 15) is 4.79 Å². The van der Waals surface area contributed by atoms with Gasteiger partial charge in [0.2, 0.25) is 0 Å². The van der Waals surface area contributed by atoms with Crippen molar-refractivity contribution in [1.29, 1.82) is 0 Å². The highest BCUT2D eigenvalue weighted by molar-refractivity contribution is 7.15. The van der Waals surface area contributed by atoms with Crippen LogP contribution in [0.5, 0.6) is 0 Å². The third-order valence-corrected chi connectivity index (χ3v) is 6.45. The Labute approximate surface area is 166 Å². The molecule has 1 aliphatic carbocycles. The lowest BCUT2D eigenvalue weighted by Crippen LogP contribution is -2.45. The first-order valence-electron chi connectivity index (χ1n) is 9.41. The summed E-state index contributed by atoms with van der Waals surface area (Å²) in [5, 5.41) is 0.711. The number of hydrogen-bond donors (Lipinski definition) is 1.